The smallest absolute Gasteiger partial charge is 0.408 e. The van der Waals surface area contributed by atoms with Crippen molar-refractivity contribution in [3.63, 3.8) is 0 Å². The molecule has 0 bridgehead atoms. The van der Waals surface area contributed by atoms with E-state index in [2.05, 4.69) is 21.3 Å². The minimum absolute atomic E-state index is 0.0180. The van der Waals surface area contributed by atoms with E-state index in [0.717, 1.165) is 5.56 Å². The highest BCUT2D eigenvalue weighted by Crippen LogP contribution is 2.21. The van der Waals surface area contributed by atoms with Gasteiger partial charge < -0.3 is 36.0 Å². The Bertz CT molecular complexity index is 1300. The number of ether oxygens (including phenoxy) is 1. The second-order valence-electron chi connectivity index (χ2n) is 13.2. The molecule has 0 aliphatic carbocycles. The molecule has 48 heavy (non-hydrogen) atoms. The molecule has 14 nitrogen and oxygen atoms in total. The van der Waals surface area contributed by atoms with Crippen molar-refractivity contribution in [2.24, 2.45) is 17.8 Å². The fourth-order valence-corrected chi connectivity index (χ4v) is 5.37. The zero-order valence-electron chi connectivity index (χ0n) is 28.9. The van der Waals surface area contributed by atoms with Crippen molar-refractivity contribution < 1.29 is 43.4 Å². The molecule has 0 aromatic heterocycles. The van der Waals surface area contributed by atoms with Crippen LogP contribution in [0.2, 0.25) is 0 Å². The van der Waals surface area contributed by atoms with Crippen LogP contribution in [0.25, 0.3) is 0 Å². The first kappa shape index (κ1) is 39.7. The molecular formula is C34H51N5O9. The average Bonchev–Trinajstić information content (AvgIpc) is 3.53. The van der Waals surface area contributed by atoms with Crippen molar-refractivity contribution in [2.75, 3.05) is 6.54 Å². The number of hydrogen-bond donors (Lipinski definition) is 5. The Morgan fingerprint density at radius 2 is 1.48 bits per heavy atom. The number of nitrogens with one attached hydrogen (secondary N) is 4. The average molecular weight is 674 g/mol. The summed E-state index contributed by atoms with van der Waals surface area (Å²) in [6.07, 6.45) is 0.244. The maximum Gasteiger partial charge on any atom is 0.408 e. The van der Waals surface area contributed by atoms with Crippen LogP contribution in [0.5, 0.6) is 0 Å². The Morgan fingerprint density at radius 1 is 0.854 bits per heavy atom. The van der Waals surface area contributed by atoms with Gasteiger partial charge in [-0.2, -0.15) is 0 Å². The molecule has 0 spiro atoms. The summed E-state index contributed by atoms with van der Waals surface area (Å²) in [6.45, 7) is 12.3. The molecule has 1 aromatic rings. The molecule has 1 heterocycles. The van der Waals surface area contributed by atoms with E-state index >= 15 is 0 Å². The lowest BCUT2D eigenvalue weighted by molar-refractivity contribution is -0.145. The summed E-state index contributed by atoms with van der Waals surface area (Å²) in [5.74, 6) is -5.98. The van der Waals surface area contributed by atoms with Crippen LogP contribution in [0.3, 0.4) is 0 Å². The van der Waals surface area contributed by atoms with Gasteiger partial charge in [-0.1, -0.05) is 78.8 Å². The van der Waals surface area contributed by atoms with Gasteiger partial charge in [-0.3, -0.25) is 24.0 Å². The van der Waals surface area contributed by atoms with Gasteiger partial charge in [0.2, 0.25) is 23.5 Å². The quantitative estimate of drug-likeness (QED) is 0.154. The number of ketones is 1. The maximum atomic E-state index is 13.6. The zero-order valence-corrected chi connectivity index (χ0v) is 28.9. The first-order valence-electron chi connectivity index (χ1n) is 16.5. The maximum absolute atomic E-state index is 13.6. The van der Waals surface area contributed by atoms with Gasteiger partial charge in [0.05, 0.1) is 6.04 Å². The topological polar surface area (TPSA) is 200 Å². The van der Waals surface area contributed by atoms with Crippen molar-refractivity contribution in [1.29, 1.82) is 0 Å². The number of benzene rings is 1. The first-order valence-corrected chi connectivity index (χ1v) is 16.5. The van der Waals surface area contributed by atoms with Crippen LogP contribution in [0.4, 0.5) is 4.79 Å². The number of alkyl carbamates (subject to hydrolysis) is 1. The molecule has 2 rings (SSSR count). The number of likely N-dealkylation sites (tertiary alicyclic amines) is 1. The monoisotopic (exact) mass is 673 g/mol. The molecule has 5 N–H and O–H groups in total. The molecular weight excluding hydrogens is 622 g/mol. The summed E-state index contributed by atoms with van der Waals surface area (Å²) >= 11 is 0. The number of carboxylic acid groups (broad SMARTS) is 1. The Hall–Kier alpha value is -4.49. The molecule has 1 unspecified atom stereocenters. The molecule has 0 saturated carbocycles. The highest BCUT2D eigenvalue weighted by atomic mass is 16.5. The number of Topliss-reactive ketones (excluding diaryl/α,β-unsaturated/α-hetero) is 1. The standard InChI is InChI=1S/C34H51N5O9/c1-8-23(28(40)31(43)36-24(17-19(2)3)29(41)37-27(21(6)7)33(45)46)35-30(42)25-15-12-16-39(25)32(44)26(20(4)5)38-34(47)48-18-22-13-10-9-11-14-22/h9-11,13-14,19-21,23-27H,8,12,15-18H2,1-7H3,(H,35,42)(H,36,43)(H,37,41)(H,38,47)(H,45,46)/t23?,24-,25+,26+,27+/m1/s1. The first-order chi connectivity index (χ1) is 22.6. The Labute approximate surface area is 282 Å². The van der Waals surface area contributed by atoms with Crippen molar-refractivity contribution in [3.8, 4) is 0 Å². The highest BCUT2D eigenvalue weighted by molar-refractivity contribution is 6.38. The number of carboxylic acids is 1. The number of nitrogens with zero attached hydrogens (tertiary/aromatic N) is 1. The van der Waals surface area contributed by atoms with Gasteiger partial charge in [-0.25, -0.2) is 9.59 Å². The van der Waals surface area contributed by atoms with E-state index in [1.165, 1.54) is 4.90 Å². The van der Waals surface area contributed by atoms with Crippen LogP contribution in [0.15, 0.2) is 30.3 Å². The van der Waals surface area contributed by atoms with Gasteiger partial charge in [-0.05, 0) is 49.0 Å². The van der Waals surface area contributed by atoms with Crippen LogP contribution in [-0.2, 0) is 40.1 Å². The number of hydrogen-bond acceptors (Lipinski definition) is 8. The minimum atomic E-state index is -1.24. The summed E-state index contributed by atoms with van der Waals surface area (Å²) in [5, 5.41) is 19.5. The molecule has 1 aliphatic rings. The lowest BCUT2D eigenvalue weighted by Crippen LogP contribution is -2.58. The normalized spacial score (nSPS) is 16.9. The summed E-state index contributed by atoms with van der Waals surface area (Å²) in [6, 6.07) is 3.54. The third kappa shape index (κ3) is 11.6. The fourth-order valence-electron chi connectivity index (χ4n) is 5.37. The van der Waals surface area contributed by atoms with E-state index < -0.39 is 77.6 Å². The number of carbonyl (C=O) groups excluding carboxylic acids is 6. The van der Waals surface area contributed by atoms with Crippen LogP contribution in [-0.4, -0.2) is 88.2 Å². The molecule has 266 valence electrons. The number of carbonyl (C=O) groups is 7. The van der Waals surface area contributed by atoms with Crippen LogP contribution < -0.4 is 21.3 Å². The van der Waals surface area contributed by atoms with Gasteiger partial charge in [0, 0.05) is 6.54 Å². The lowest BCUT2D eigenvalue weighted by Gasteiger charge is -2.31. The van der Waals surface area contributed by atoms with Crippen LogP contribution in [0.1, 0.15) is 79.7 Å². The fraction of sp³-hybridized carbons (Fsp3) is 0.618. The number of amides is 5. The van der Waals surface area contributed by atoms with Crippen molar-refractivity contribution in [2.45, 2.75) is 111 Å². The lowest BCUT2D eigenvalue weighted by atomic mass is 10.00. The van der Waals surface area contributed by atoms with Gasteiger partial charge in [-0.15, -0.1) is 0 Å². The summed E-state index contributed by atoms with van der Waals surface area (Å²) in [7, 11) is 0. The molecule has 1 saturated heterocycles. The van der Waals surface area contributed by atoms with Gasteiger partial charge in [0.1, 0.15) is 30.8 Å². The molecule has 5 atom stereocenters. The second kappa shape index (κ2) is 18.7. The van der Waals surface area contributed by atoms with Gasteiger partial charge >= 0.3 is 12.1 Å². The Morgan fingerprint density at radius 3 is 2.02 bits per heavy atom. The largest absolute Gasteiger partial charge is 0.480 e. The molecule has 1 aromatic carbocycles. The predicted octanol–water partition coefficient (Wildman–Crippen LogP) is 2.15. The highest BCUT2D eigenvalue weighted by Gasteiger charge is 2.40. The van der Waals surface area contributed by atoms with Gasteiger partial charge in [0.25, 0.3) is 5.91 Å². The Kier molecular flexibility index (Phi) is 15.5. The van der Waals surface area contributed by atoms with Crippen LogP contribution >= 0.6 is 0 Å². The van der Waals surface area contributed by atoms with Crippen molar-refractivity contribution in [3.05, 3.63) is 35.9 Å². The summed E-state index contributed by atoms with van der Waals surface area (Å²) < 4.78 is 5.29. The van der Waals surface area contributed by atoms with E-state index in [-0.39, 0.29) is 37.8 Å². The summed E-state index contributed by atoms with van der Waals surface area (Å²) in [4.78, 5) is 91.8. The van der Waals surface area contributed by atoms with Crippen molar-refractivity contribution >= 4 is 41.5 Å². The third-order valence-corrected chi connectivity index (χ3v) is 8.08. The molecule has 0 radical (unpaired) electrons. The predicted molar refractivity (Wildman–Crippen MR) is 176 cm³/mol. The molecule has 1 aliphatic heterocycles. The van der Waals surface area contributed by atoms with Gasteiger partial charge in [0.15, 0.2) is 0 Å². The zero-order chi connectivity index (χ0) is 36.1. The van der Waals surface area contributed by atoms with Crippen LogP contribution in [0, 0.1) is 17.8 Å². The SMILES string of the molecule is CCC(NC(=O)[C@@H]1CCCN1C(=O)[C@@H](NC(=O)OCc1ccccc1)C(C)C)C(=O)C(=O)N[C@H](CC(C)C)C(=O)N[C@H](C(=O)O)C(C)C. The van der Waals surface area contributed by atoms with E-state index in [1.807, 2.05) is 32.0 Å². The van der Waals surface area contributed by atoms with E-state index in [1.54, 1.807) is 46.8 Å². The second-order valence-corrected chi connectivity index (χ2v) is 13.2. The number of rotatable bonds is 17. The number of aliphatic carboxylic acids is 1. The van der Waals surface area contributed by atoms with Crippen molar-refractivity contribution in [1.82, 2.24) is 26.2 Å². The van der Waals surface area contributed by atoms with E-state index in [4.69, 9.17) is 4.74 Å². The molecule has 1 fully saturated rings. The molecule has 14 heteroatoms. The minimum Gasteiger partial charge on any atom is -0.480 e. The summed E-state index contributed by atoms with van der Waals surface area (Å²) in [5.41, 5.74) is 0.779. The third-order valence-electron chi connectivity index (χ3n) is 8.08. The Balaban J connectivity index is 2.08. The van der Waals surface area contributed by atoms with E-state index in [0.29, 0.717) is 12.8 Å². The van der Waals surface area contributed by atoms with E-state index in [9.17, 15) is 38.7 Å². The molecule has 5 amide bonds.